The van der Waals surface area contributed by atoms with Crippen LogP contribution in [0.5, 0.6) is 0 Å². The predicted octanol–water partition coefficient (Wildman–Crippen LogP) is 5.33. The predicted molar refractivity (Wildman–Crippen MR) is 133 cm³/mol. The molecule has 11 heteroatoms. The van der Waals surface area contributed by atoms with Gasteiger partial charge in [-0.3, -0.25) is 9.10 Å². The van der Waals surface area contributed by atoms with Crippen molar-refractivity contribution in [3.63, 3.8) is 0 Å². The number of alkyl halides is 3. The number of nitrogens with zero attached hydrogens (tertiary/aromatic N) is 1. The molecule has 7 nitrogen and oxygen atoms in total. The van der Waals surface area contributed by atoms with Crippen molar-refractivity contribution in [3.05, 3.63) is 89.0 Å². The van der Waals surface area contributed by atoms with Crippen molar-refractivity contribution in [2.24, 2.45) is 0 Å². The number of nitrogens with one attached hydrogen (secondary N) is 1. The lowest BCUT2D eigenvalue weighted by Gasteiger charge is -2.25. The monoisotopic (exact) mass is 534 g/mol. The van der Waals surface area contributed by atoms with Gasteiger partial charge >= 0.3 is 12.1 Å². The molecule has 3 aromatic rings. The Balaban J connectivity index is 1.96. The number of hydrogen-bond acceptors (Lipinski definition) is 5. The number of ether oxygens (including phenoxy) is 1. The van der Waals surface area contributed by atoms with Crippen LogP contribution in [0.15, 0.2) is 71.6 Å². The summed E-state index contributed by atoms with van der Waals surface area (Å²) in [5.41, 5.74) is 0.481. The molecule has 0 aliphatic carbocycles. The molecular weight excluding hydrogens is 509 g/mol. The van der Waals surface area contributed by atoms with E-state index in [1.54, 1.807) is 32.9 Å². The third-order valence-electron chi connectivity index (χ3n) is 5.37. The van der Waals surface area contributed by atoms with Crippen molar-refractivity contribution >= 4 is 33.3 Å². The Morgan fingerprint density at radius 2 is 1.65 bits per heavy atom. The number of halogens is 3. The first kappa shape index (κ1) is 27.7. The first-order chi connectivity index (χ1) is 17.3. The number of esters is 1. The highest BCUT2D eigenvalue weighted by molar-refractivity contribution is 7.92. The van der Waals surface area contributed by atoms with Crippen LogP contribution >= 0.6 is 0 Å². The maximum atomic E-state index is 13.5. The zero-order valence-electron chi connectivity index (χ0n) is 20.3. The number of aryl methyl sites for hydroxylation is 2. The second kappa shape index (κ2) is 11.0. The summed E-state index contributed by atoms with van der Waals surface area (Å²) >= 11 is 0. The minimum Gasteiger partial charge on any atom is -0.462 e. The highest BCUT2D eigenvalue weighted by atomic mass is 32.2. The highest BCUT2D eigenvalue weighted by Gasteiger charge is 2.33. The quantitative estimate of drug-likeness (QED) is 0.394. The molecule has 0 atom stereocenters. The molecule has 0 saturated heterocycles. The molecule has 0 fully saturated rings. The second-order valence-electron chi connectivity index (χ2n) is 8.17. The molecule has 0 aliphatic rings. The third-order valence-corrected chi connectivity index (χ3v) is 7.16. The molecule has 0 spiro atoms. The fraction of sp³-hybridized carbons (Fsp3) is 0.231. The number of sulfonamides is 1. The standard InChI is InChI=1S/C26H25F3N2O5S/c1-4-36-25(33)19-10-13-23(18(3)14-19)30-24(32)16-31(21-7-5-6-20(15-21)26(27,28)29)37(34,35)22-11-8-17(2)9-12-22/h5-15H,4,16H2,1-3H3,(H,30,32). The van der Waals surface area contributed by atoms with E-state index < -0.39 is 40.2 Å². The van der Waals surface area contributed by atoms with E-state index in [1.807, 2.05) is 0 Å². The van der Waals surface area contributed by atoms with Gasteiger partial charge in [-0.05, 0) is 74.9 Å². The summed E-state index contributed by atoms with van der Waals surface area (Å²) < 4.78 is 72.5. The van der Waals surface area contributed by atoms with Crippen molar-refractivity contribution in [1.82, 2.24) is 0 Å². The van der Waals surface area contributed by atoms with E-state index in [1.165, 1.54) is 36.4 Å². The maximum Gasteiger partial charge on any atom is 0.416 e. The molecule has 0 saturated carbocycles. The average Bonchev–Trinajstić information content (AvgIpc) is 2.83. The molecule has 0 aromatic heterocycles. The molecule has 1 N–H and O–H groups in total. The number of carbonyl (C=O) groups is 2. The summed E-state index contributed by atoms with van der Waals surface area (Å²) in [4.78, 5) is 24.7. The fourth-order valence-electron chi connectivity index (χ4n) is 3.46. The normalized spacial score (nSPS) is 11.6. The summed E-state index contributed by atoms with van der Waals surface area (Å²) in [5, 5.41) is 2.57. The summed E-state index contributed by atoms with van der Waals surface area (Å²) in [6.45, 7) is 4.45. The number of benzene rings is 3. The van der Waals surface area contributed by atoms with Crippen molar-refractivity contribution < 1.29 is 35.9 Å². The van der Waals surface area contributed by atoms with E-state index in [9.17, 15) is 31.2 Å². The van der Waals surface area contributed by atoms with E-state index in [4.69, 9.17) is 4.74 Å². The Morgan fingerprint density at radius 1 is 0.973 bits per heavy atom. The molecule has 0 radical (unpaired) electrons. The molecule has 1 amide bonds. The minimum atomic E-state index is -4.71. The molecular formula is C26H25F3N2O5S. The number of amides is 1. The fourth-order valence-corrected chi connectivity index (χ4v) is 4.87. The molecule has 0 heterocycles. The Kier molecular flexibility index (Phi) is 8.27. The van der Waals surface area contributed by atoms with Gasteiger partial charge in [0.1, 0.15) is 6.54 Å². The zero-order valence-corrected chi connectivity index (χ0v) is 21.1. The lowest BCUT2D eigenvalue weighted by molar-refractivity contribution is -0.137. The van der Waals surface area contributed by atoms with Gasteiger partial charge in [-0.1, -0.05) is 23.8 Å². The van der Waals surface area contributed by atoms with E-state index in [-0.39, 0.29) is 22.8 Å². The lowest BCUT2D eigenvalue weighted by atomic mass is 10.1. The first-order valence-electron chi connectivity index (χ1n) is 11.2. The van der Waals surface area contributed by atoms with Crippen molar-refractivity contribution in [2.45, 2.75) is 31.8 Å². The van der Waals surface area contributed by atoms with Crippen molar-refractivity contribution in [1.29, 1.82) is 0 Å². The van der Waals surface area contributed by atoms with Gasteiger partial charge in [0.05, 0.1) is 28.3 Å². The van der Waals surface area contributed by atoms with Crippen LogP contribution in [0, 0.1) is 13.8 Å². The summed E-state index contributed by atoms with van der Waals surface area (Å²) in [6.07, 6.45) is -4.71. The number of hydrogen-bond donors (Lipinski definition) is 1. The van der Waals surface area contributed by atoms with Gasteiger partial charge < -0.3 is 10.1 Å². The summed E-state index contributed by atoms with van der Waals surface area (Å²) in [5.74, 6) is -1.33. The summed E-state index contributed by atoms with van der Waals surface area (Å²) in [7, 11) is -4.41. The van der Waals surface area contributed by atoms with Gasteiger partial charge in [0.2, 0.25) is 5.91 Å². The number of anilines is 2. The van der Waals surface area contributed by atoms with Crippen molar-refractivity contribution in [3.8, 4) is 0 Å². The second-order valence-corrected chi connectivity index (χ2v) is 10.0. The van der Waals surface area contributed by atoms with Crippen LogP contribution in [0.2, 0.25) is 0 Å². The Hall–Kier alpha value is -3.86. The molecule has 3 rings (SSSR count). The van der Waals surface area contributed by atoms with Gasteiger partial charge in [0.25, 0.3) is 10.0 Å². The topological polar surface area (TPSA) is 92.8 Å². The van der Waals surface area contributed by atoms with E-state index >= 15 is 0 Å². The van der Waals surface area contributed by atoms with Crippen LogP contribution in [0.4, 0.5) is 24.5 Å². The van der Waals surface area contributed by atoms with E-state index in [0.717, 1.165) is 17.7 Å². The van der Waals surface area contributed by atoms with Gasteiger partial charge in [0, 0.05) is 5.69 Å². The van der Waals surface area contributed by atoms with Crippen LogP contribution in [-0.2, 0) is 25.7 Å². The maximum absolute atomic E-state index is 13.5. The summed E-state index contributed by atoms with van der Waals surface area (Å²) in [6, 6.07) is 13.9. The molecule has 37 heavy (non-hydrogen) atoms. The number of carbonyl (C=O) groups excluding carboxylic acids is 2. The minimum absolute atomic E-state index is 0.182. The SMILES string of the molecule is CCOC(=O)c1ccc(NC(=O)CN(c2cccc(C(F)(F)F)c2)S(=O)(=O)c2ccc(C)cc2)c(C)c1. The van der Waals surface area contributed by atoms with Crippen LogP contribution in [0.3, 0.4) is 0 Å². The molecule has 196 valence electrons. The number of rotatable bonds is 8. The van der Waals surface area contributed by atoms with Crippen LogP contribution < -0.4 is 9.62 Å². The average molecular weight is 535 g/mol. The van der Waals surface area contributed by atoms with Crippen molar-refractivity contribution in [2.75, 3.05) is 22.8 Å². The smallest absolute Gasteiger partial charge is 0.416 e. The van der Waals surface area contributed by atoms with E-state index in [0.29, 0.717) is 21.6 Å². The van der Waals surface area contributed by atoms with Gasteiger partial charge in [-0.25, -0.2) is 13.2 Å². The molecule has 0 aliphatic heterocycles. The van der Waals surface area contributed by atoms with Gasteiger partial charge in [-0.2, -0.15) is 13.2 Å². The van der Waals surface area contributed by atoms with Crippen LogP contribution in [0.1, 0.15) is 34.0 Å². The largest absolute Gasteiger partial charge is 0.462 e. The van der Waals surface area contributed by atoms with Gasteiger partial charge in [-0.15, -0.1) is 0 Å². The molecule has 0 unspecified atom stereocenters. The first-order valence-corrected chi connectivity index (χ1v) is 12.6. The Morgan fingerprint density at radius 3 is 2.24 bits per heavy atom. The van der Waals surface area contributed by atoms with E-state index in [2.05, 4.69) is 5.32 Å². The Labute approximate surface area is 212 Å². The van der Waals surface area contributed by atoms with Crippen LogP contribution in [-0.4, -0.2) is 33.4 Å². The Bertz CT molecular complexity index is 1400. The zero-order chi connectivity index (χ0) is 27.4. The van der Waals surface area contributed by atoms with Crippen LogP contribution in [0.25, 0.3) is 0 Å². The third kappa shape index (κ3) is 6.67. The molecule has 0 bridgehead atoms. The van der Waals surface area contributed by atoms with Gasteiger partial charge in [0.15, 0.2) is 0 Å². The molecule has 3 aromatic carbocycles. The highest BCUT2D eigenvalue weighted by Crippen LogP contribution is 2.33. The lowest BCUT2D eigenvalue weighted by Crippen LogP contribution is -2.38.